The van der Waals surface area contributed by atoms with E-state index in [2.05, 4.69) is 29.3 Å². The van der Waals surface area contributed by atoms with Crippen molar-refractivity contribution in [1.29, 1.82) is 0 Å². The maximum atomic E-state index is 5.86. The molecular formula is C12H22N2OS. The van der Waals surface area contributed by atoms with Gasteiger partial charge in [-0.15, -0.1) is 11.3 Å². The topological polar surface area (TPSA) is 38.5 Å². The molecule has 0 spiro atoms. The van der Waals surface area contributed by atoms with Crippen molar-refractivity contribution >= 4 is 11.3 Å². The first-order valence-corrected chi connectivity index (χ1v) is 6.59. The number of methoxy groups -OCH3 is 1. The summed E-state index contributed by atoms with van der Waals surface area (Å²) in [5.41, 5.74) is 5.86. The summed E-state index contributed by atoms with van der Waals surface area (Å²) >= 11 is 1.80. The molecule has 1 aromatic heterocycles. The molecule has 0 amide bonds. The van der Waals surface area contributed by atoms with Gasteiger partial charge < -0.3 is 10.5 Å². The van der Waals surface area contributed by atoms with E-state index in [1.807, 2.05) is 0 Å². The lowest BCUT2D eigenvalue weighted by atomic mass is 10.3. The summed E-state index contributed by atoms with van der Waals surface area (Å²) < 4.78 is 5.08. The van der Waals surface area contributed by atoms with E-state index in [1.165, 1.54) is 4.88 Å². The van der Waals surface area contributed by atoms with E-state index < -0.39 is 0 Å². The second kappa shape index (κ2) is 7.79. The van der Waals surface area contributed by atoms with Crippen LogP contribution in [0.3, 0.4) is 0 Å². The molecule has 3 nitrogen and oxygen atoms in total. The predicted molar refractivity (Wildman–Crippen MR) is 69.7 cm³/mol. The zero-order chi connectivity index (χ0) is 11.8. The molecule has 1 rings (SSSR count). The largest absolute Gasteiger partial charge is 0.385 e. The minimum Gasteiger partial charge on any atom is -0.385 e. The van der Waals surface area contributed by atoms with E-state index >= 15 is 0 Å². The van der Waals surface area contributed by atoms with Crippen molar-refractivity contribution in [3.8, 4) is 0 Å². The van der Waals surface area contributed by atoms with Crippen molar-refractivity contribution < 1.29 is 4.74 Å². The molecule has 0 aliphatic carbocycles. The third-order valence-electron chi connectivity index (χ3n) is 2.33. The molecule has 4 heteroatoms. The summed E-state index contributed by atoms with van der Waals surface area (Å²) in [5.74, 6) is 0. The number of hydrogen-bond acceptors (Lipinski definition) is 4. The maximum Gasteiger partial charge on any atom is 0.0474 e. The molecule has 2 N–H and O–H groups in total. The van der Waals surface area contributed by atoms with Crippen molar-refractivity contribution in [2.45, 2.75) is 25.9 Å². The Kier molecular flexibility index (Phi) is 6.64. The standard InChI is InChI=1S/C12H22N2OS/c1-11(13)9-14(6-4-7-15-2)10-12-5-3-8-16-12/h3,5,8,11H,4,6-7,9-10,13H2,1-2H3. The Hall–Kier alpha value is -0.420. The Morgan fingerprint density at radius 1 is 1.56 bits per heavy atom. The summed E-state index contributed by atoms with van der Waals surface area (Å²) in [4.78, 5) is 3.80. The molecule has 0 aliphatic heterocycles. The van der Waals surface area contributed by atoms with Gasteiger partial charge in [0, 0.05) is 44.3 Å². The number of nitrogens with zero attached hydrogens (tertiary/aromatic N) is 1. The number of nitrogens with two attached hydrogens (primary N) is 1. The van der Waals surface area contributed by atoms with E-state index in [0.29, 0.717) is 0 Å². The first-order chi connectivity index (χ1) is 7.72. The molecule has 0 aromatic carbocycles. The second-order valence-electron chi connectivity index (χ2n) is 4.14. The zero-order valence-corrected chi connectivity index (χ0v) is 11.0. The first kappa shape index (κ1) is 13.6. The average Bonchev–Trinajstić information content (AvgIpc) is 2.69. The molecule has 0 radical (unpaired) electrons. The molecule has 92 valence electrons. The molecule has 1 aromatic rings. The lowest BCUT2D eigenvalue weighted by Crippen LogP contribution is -2.36. The van der Waals surface area contributed by atoms with E-state index in [1.54, 1.807) is 18.4 Å². The number of hydrogen-bond donors (Lipinski definition) is 1. The van der Waals surface area contributed by atoms with Crippen LogP contribution in [0.1, 0.15) is 18.2 Å². The van der Waals surface area contributed by atoms with Crippen LogP contribution < -0.4 is 5.73 Å². The van der Waals surface area contributed by atoms with Gasteiger partial charge in [0.05, 0.1) is 0 Å². The van der Waals surface area contributed by atoms with Crippen molar-refractivity contribution in [2.75, 3.05) is 26.8 Å². The molecule has 1 atom stereocenters. The SMILES string of the molecule is COCCCN(Cc1cccs1)CC(C)N. The lowest BCUT2D eigenvalue weighted by molar-refractivity contribution is 0.167. The van der Waals surface area contributed by atoms with Crippen LogP contribution in [0.2, 0.25) is 0 Å². The Morgan fingerprint density at radius 2 is 2.38 bits per heavy atom. The van der Waals surface area contributed by atoms with Crippen molar-refractivity contribution in [3.63, 3.8) is 0 Å². The minimum atomic E-state index is 0.225. The van der Waals surface area contributed by atoms with Gasteiger partial charge in [0.1, 0.15) is 0 Å². The van der Waals surface area contributed by atoms with Crippen LogP contribution in [0.5, 0.6) is 0 Å². The zero-order valence-electron chi connectivity index (χ0n) is 10.2. The molecule has 0 saturated heterocycles. The molecule has 0 fully saturated rings. The highest BCUT2D eigenvalue weighted by Gasteiger charge is 2.08. The van der Waals surface area contributed by atoms with Gasteiger partial charge >= 0.3 is 0 Å². The number of ether oxygens (including phenoxy) is 1. The summed E-state index contributed by atoms with van der Waals surface area (Å²) in [6, 6.07) is 4.50. The predicted octanol–water partition coefficient (Wildman–Crippen LogP) is 1.93. The molecule has 0 bridgehead atoms. The second-order valence-corrected chi connectivity index (χ2v) is 5.17. The monoisotopic (exact) mass is 242 g/mol. The number of rotatable bonds is 8. The Labute approximate surface area is 102 Å². The Morgan fingerprint density at radius 3 is 2.94 bits per heavy atom. The van der Waals surface area contributed by atoms with Crippen LogP contribution in [0.25, 0.3) is 0 Å². The van der Waals surface area contributed by atoms with E-state index in [0.717, 1.165) is 32.7 Å². The van der Waals surface area contributed by atoms with Crippen LogP contribution in [-0.4, -0.2) is 37.7 Å². The highest BCUT2D eigenvalue weighted by Crippen LogP contribution is 2.12. The minimum absolute atomic E-state index is 0.225. The maximum absolute atomic E-state index is 5.86. The van der Waals surface area contributed by atoms with Gasteiger partial charge in [-0.3, -0.25) is 4.90 Å². The molecule has 16 heavy (non-hydrogen) atoms. The van der Waals surface area contributed by atoms with Gasteiger partial charge in [0.25, 0.3) is 0 Å². The van der Waals surface area contributed by atoms with Crippen LogP contribution >= 0.6 is 11.3 Å². The fourth-order valence-electron chi connectivity index (χ4n) is 1.70. The number of thiophene rings is 1. The van der Waals surface area contributed by atoms with Crippen molar-refractivity contribution in [1.82, 2.24) is 4.90 Å². The van der Waals surface area contributed by atoms with Crippen molar-refractivity contribution in [3.05, 3.63) is 22.4 Å². The Balaban J connectivity index is 2.37. The van der Waals surface area contributed by atoms with E-state index in [-0.39, 0.29) is 6.04 Å². The first-order valence-electron chi connectivity index (χ1n) is 5.71. The highest BCUT2D eigenvalue weighted by atomic mass is 32.1. The molecule has 1 unspecified atom stereocenters. The quantitative estimate of drug-likeness (QED) is 0.708. The fourth-order valence-corrected chi connectivity index (χ4v) is 2.44. The van der Waals surface area contributed by atoms with E-state index in [9.17, 15) is 0 Å². The van der Waals surface area contributed by atoms with Gasteiger partial charge in [-0.1, -0.05) is 6.07 Å². The van der Waals surface area contributed by atoms with Crippen LogP contribution in [-0.2, 0) is 11.3 Å². The summed E-state index contributed by atoms with van der Waals surface area (Å²) in [5, 5.41) is 2.12. The molecule has 1 heterocycles. The molecule has 0 saturated carbocycles. The van der Waals surface area contributed by atoms with Gasteiger partial charge in [-0.25, -0.2) is 0 Å². The van der Waals surface area contributed by atoms with Gasteiger partial charge in [0.2, 0.25) is 0 Å². The van der Waals surface area contributed by atoms with Crippen LogP contribution in [0.15, 0.2) is 17.5 Å². The third-order valence-corrected chi connectivity index (χ3v) is 3.19. The molecular weight excluding hydrogens is 220 g/mol. The summed E-state index contributed by atoms with van der Waals surface area (Å²) in [7, 11) is 1.75. The highest BCUT2D eigenvalue weighted by molar-refractivity contribution is 7.09. The van der Waals surface area contributed by atoms with Crippen LogP contribution in [0, 0.1) is 0 Å². The lowest BCUT2D eigenvalue weighted by Gasteiger charge is -2.23. The summed E-state index contributed by atoms with van der Waals surface area (Å²) in [6.07, 6.45) is 1.06. The molecule has 0 aliphatic rings. The third kappa shape index (κ3) is 5.61. The van der Waals surface area contributed by atoms with Gasteiger partial charge in [0.15, 0.2) is 0 Å². The van der Waals surface area contributed by atoms with Gasteiger partial charge in [-0.2, -0.15) is 0 Å². The average molecular weight is 242 g/mol. The smallest absolute Gasteiger partial charge is 0.0474 e. The Bertz CT molecular complexity index is 262. The van der Waals surface area contributed by atoms with Crippen LogP contribution in [0.4, 0.5) is 0 Å². The summed E-state index contributed by atoms with van der Waals surface area (Å²) in [6.45, 7) is 5.87. The fraction of sp³-hybridized carbons (Fsp3) is 0.667. The normalized spacial score (nSPS) is 13.2. The van der Waals surface area contributed by atoms with E-state index in [4.69, 9.17) is 10.5 Å². The van der Waals surface area contributed by atoms with Crippen molar-refractivity contribution in [2.24, 2.45) is 5.73 Å². The van der Waals surface area contributed by atoms with Gasteiger partial charge in [-0.05, 0) is 24.8 Å².